The van der Waals surface area contributed by atoms with Crippen molar-refractivity contribution in [2.24, 2.45) is 22.3 Å². The van der Waals surface area contributed by atoms with Crippen LogP contribution in [0, 0.1) is 10.8 Å². The standard InChI is InChI=1S/C18H24ClN7OS.C9H7Cl2N5S.C9H18N2O.I3.I2.HI.2H2S/c1-10-14(20)18(9-27-10)3-6-26(7-4-18)12-8-24-17(16(22)25-12)28-11-2-5-23-15(21)13(11)19;10-5-3-15-9(8(13)16-5)17-4-1-2-14-7(12)6(4)11;1-7-8(10)9(6-12-7)2-4-11-5-3-9;1-3-2;1-2;;;/h2,5,8,10,14H,3-4,6-7,9,20H2,1H3,(H2,21,23)(H2,22,25);1-3H,(H2,12,14)(H2,13,16);7-8,11H,2-6,10H2,1H3;;;1H;2*1H2/q;;;-1;;;;/t10-,14+;;7-,8+;;;;;/m0.0...../s1. The molecule has 4 saturated heterocycles. The van der Waals surface area contributed by atoms with Crippen LogP contribution >= 0.6 is 184 Å². The Balaban J connectivity index is 0.000000490. The van der Waals surface area contributed by atoms with Crippen molar-refractivity contribution in [2.75, 3.05) is 67.2 Å². The number of nitrogen functional groups attached to an aromatic ring is 4. The molecular weight excluding hydrogens is 1660 g/mol. The summed E-state index contributed by atoms with van der Waals surface area (Å²) in [5.41, 5.74) is 36.1. The van der Waals surface area contributed by atoms with Gasteiger partial charge in [0.15, 0.2) is 11.6 Å². The molecule has 2 spiro atoms. The number of anilines is 5. The van der Waals surface area contributed by atoms with Crippen molar-refractivity contribution in [1.29, 1.82) is 0 Å². The van der Waals surface area contributed by atoms with Gasteiger partial charge in [-0.05, 0) is 64.8 Å². The fourth-order valence-corrected chi connectivity index (χ4v) is 9.53. The third-order valence-corrected chi connectivity index (χ3v) is 14.4. The van der Waals surface area contributed by atoms with Crippen LogP contribution in [0.15, 0.2) is 56.8 Å². The number of aromatic nitrogens is 6. The van der Waals surface area contributed by atoms with Gasteiger partial charge in [-0.3, -0.25) is 0 Å². The Morgan fingerprint density at radius 3 is 1.52 bits per heavy atom. The zero-order valence-electron chi connectivity index (χ0n) is 35.0. The maximum Gasteiger partial charge on any atom is 0.158 e. The SMILES string of the molecule is C[C@@H]1OCC2(CCN(c3cnc(Sc4ccnc(N)c4Cl)c(N)n3)CC2)[C@@H]1N.C[C@@H]1OCC2(CCNCC2)[C@@H]1N.I.II.I[I-]I.Nc1nc(Cl)cnc1Sc1ccnc(N)c1Cl.S.S. The average Bonchev–Trinajstić information content (AvgIpc) is 3.69. The summed E-state index contributed by atoms with van der Waals surface area (Å²) in [4.78, 5) is 28.5. The molecule has 4 aliphatic rings. The molecule has 0 aliphatic carbocycles. The van der Waals surface area contributed by atoms with E-state index in [1.54, 1.807) is 30.7 Å². The molecule has 4 aromatic heterocycles. The van der Waals surface area contributed by atoms with E-state index in [1.807, 2.05) is 0 Å². The van der Waals surface area contributed by atoms with E-state index < -0.39 is 0 Å². The molecule has 65 heavy (non-hydrogen) atoms. The average molecular weight is 1710 g/mol. The fourth-order valence-electron chi connectivity index (χ4n) is 7.36. The molecule has 4 atom stereocenters. The van der Waals surface area contributed by atoms with Gasteiger partial charge in [0.05, 0.1) is 47.9 Å². The van der Waals surface area contributed by atoms with E-state index in [9.17, 15) is 0 Å². The molecule has 4 aliphatic heterocycles. The van der Waals surface area contributed by atoms with E-state index in [0.29, 0.717) is 49.5 Å². The van der Waals surface area contributed by atoms with Crippen molar-refractivity contribution >= 4 is 213 Å². The van der Waals surface area contributed by atoms with Gasteiger partial charge in [-0.15, -0.1) is 24.0 Å². The fraction of sp³-hybridized carbons (Fsp3) is 0.500. The van der Waals surface area contributed by atoms with Gasteiger partial charge in [0.1, 0.15) is 32.7 Å². The molecule has 0 saturated carbocycles. The minimum Gasteiger partial charge on any atom is -0.382 e. The number of nitrogens with one attached hydrogen (secondary N) is 1. The number of nitrogens with zero attached hydrogens (tertiary/aromatic N) is 7. The predicted molar refractivity (Wildman–Crippen MR) is 321 cm³/mol. The van der Waals surface area contributed by atoms with Crippen LogP contribution in [0.4, 0.5) is 29.1 Å². The number of pyridine rings is 2. The van der Waals surface area contributed by atoms with E-state index in [-0.39, 0.29) is 103 Å². The zero-order valence-corrected chi connectivity index (χ0v) is 54.0. The molecule has 4 aromatic rings. The van der Waals surface area contributed by atoms with E-state index in [2.05, 4.69) is 128 Å². The maximum atomic E-state index is 6.39. The monoisotopic (exact) mass is 1710 g/mol. The predicted octanol–water partition coefficient (Wildman–Crippen LogP) is 6.16. The third-order valence-electron chi connectivity index (χ3n) is 11.0. The van der Waals surface area contributed by atoms with Gasteiger partial charge >= 0.3 is 50.5 Å². The number of ether oxygens (including phenoxy) is 2. The van der Waals surface area contributed by atoms with Crippen LogP contribution < -0.4 is 57.9 Å². The van der Waals surface area contributed by atoms with Crippen molar-refractivity contribution in [1.82, 2.24) is 35.2 Å². The Morgan fingerprint density at radius 2 is 1.12 bits per heavy atom. The third kappa shape index (κ3) is 18.1. The normalized spacial score (nSPS) is 21.0. The number of hydrogen-bond donors (Lipinski definition) is 7. The topological polar surface area (TPSA) is 267 Å². The number of nitrogens with two attached hydrogens (primary N) is 6. The largest absolute Gasteiger partial charge is 0.382 e. The summed E-state index contributed by atoms with van der Waals surface area (Å²) in [5.74, 6) is 1.92. The van der Waals surface area contributed by atoms with E-state index >= 15 is 0 Å². The first-order chi connectivity index (χ1) is 29.6. The van der Waals surface area contributed by atoms with Crippen LogP contribution in [0.3, 0.4) is 0 Å². The molecule has 0 radical (unpaired) electrons. The van der Waals surface area contributed by atoms with Gasteiger partial charge < -0.3 is 54.1 Å². The Hall–Kier alpha value is 1.91. The Morgan fingerprint density at radius 1 is 0.708 bits per heavy atom. The molecule has 29 heteroatoms. The van der Waals surface area contributed by atoms with Crippen LogP contribution in [0.2, 0.25) is 15.2 Å². The van der Waals surface area contributed by atoms with Crippen LogP contribution in [-0.4, -0.2) is 93.6 Å². The summed E-state index contributed by atoms with van der Waals surface area (Å²) in [6.07, 6.45) is 11.0. The molecule has 13 N–H and O–H groups in total. The quantitative estimate of drug-likeness (QED) is 0.110. The van der Waals surface area contributed by atoms with Crippen LogP contribution in [-0.2, 0) is 9.47 Å². The van der Waals surface area contributed by atoms with Gasteiger partial charge in [-0.1, -0.05) is 58.3 Å². The minimum absolute atomic E-state index is 0. The maximum absolute atomic E-state index is 6.39. The van der Waals surface area contributed by atoms with Crippen molar-refractivity contribution in [2.45, 2.75) is 83.7 Å². The summed E-state index contributed by atoms with van der Waals surface area (Å²) in [5, 5.41) is 5.47. The van der Waals surface area contributed by atoms with E-state index in [0.717, 1.165) is 62.9 Å². The molecular formula is C36H54Cl3I6N14O2S4-. The first kappa shape index (κ1) is 64.9. The van der Waals surface area contributed by atoms with Crippen molar-refractivity contribution in [3.63, 3.8) is 0 Å². The number of hydrogen-bond acceptors (Lipinski definition) is 18. The van der Waals surface area contributed by atoms with Crippen LogP contribution in [0.25, 0.3) is 0 Å². The van der Waals surface area contributed by atoms with Crippen molar-refractivity contribution in [3.8, 4) is 0 Å². The molecule has 8 heterocycles. The Labute approximate surface area is 488 Å². The number of rotatable bonds is 5. The number of piperidine rings is 2. The molecule has 8 rings (SSSR count). The minimum atomic E-state index is 0. The van der Waals surface area contributed by atoms with Crippen LogP contribution in [0.5, 0.6) is 0 Å². The van der Waals surface area contributed by atoms with Gasteiger partial charge in [0.25, 0.3) is 0 Å². The van der Waals surface area contributed by atoms with Gasteiger partial charge in [0, 0.05) is 95.4 Å². The van der Waals surface area contributed by atoms with E-state index in [1.165, 1.54) is 42.6 Å². The second kappa shape index (κ2) is 32.2. The van der Waals surface area contributed by atoms with E-state index in [4.69, 9.17) is 78.7 Å². The van der Waals surface area contributed by atoms with Gasteiger partial charge in [-0.25, -0.2) is 29.9 Å². The van der Waals surface area contributed by atoms with Gasteiger partial charge in [-0.2, -0.15) is 27.0 Å². The van der Waals surface area contributed by atoms with Crippen molar-refractivity contribution < 1.29 is 22.7 Å². The molecule has 4 fully saturated rings. The molecule has 0 amide bonds. The number of halogens is 9. The van der Waals surface area contributed by atoms with Crippen molar-refractivity contribution in [3.05, 3.63) is 52.1 Å². The smallest absolute Gasteiger partial charge is 0.158 e. The Kier molecular flexibility index (Phi) is 32.1. The molecule has 368 valence electrons. The van der Waals surface area contributed by atoms with Crippen LogP contribution in [0.1, 0.15) is 39.5 Å². The summed E-state index contributed by atoms with van der Waals surface area (Å²) < 4.78 is 11.4. The summed E-state index contributed by atoms with van der Waals surface area (Å²) >= 11 is 30.0. The molecule has 0 bridgehead atoms. The first-order valence-corrected chi connectivity index (χ1v) is 40.5. The molecule has 0 unspecified atom stereocenters. The molecule has 16 nitrogen and oxygen atoms in total. The Bertz CT molecular complexity index is 2060. The second-order valence-electron chi connectivity index (χ2n) is 14.6. The zero-order chi connectivity index (χ0) is 45.6. The van der Waals surface area contributed by atoms with Gasteiger partial charge in [0.2, 0.25) is 0 Å². The summed E-state index contributed by atoms with van der Waals surface area (Å²) in [6.45, 7) is 9.67. The summed E-state index contributed by atoms with van der Waals surface area (Å²) in [6, 6.07) is 3.83. The first-order valence-electron chi connectivity index (χ1n) is 18.9. The summed E-state index contributed by atoms with van der Waals surface area (Å²) in [7, 11) is 0. The second-order valence-corrected chi connectivity index (χ2v) is 34.1. The molecule has 0 aromatic carbocycles.